The third kappa shape index (κ3) is 5.70. The van der Waals surface area contributed by atoms with Gasteiger partial charge in [-0.1, -0.05) is 66.7 Å². The zero-order chi connectivity index (χ0) is 25.6. The standard InChI is InChI=1S/C31H28FN3O2/c1-22-8-5-6-11-26(22)27(18-30(36)33-19-23-13-15-25(32)16-14-23)28-20-34-31-29(12-7-17-35(28)31)37-21-24-9-3-2-4-10-24/h2-17,20,27H,18-19,21H2,1H3,(H,33,36). The lowest BCUT2D eigenvalue weighted by Gasteiger charge is -2.19. The van der Waals surface area contributed by atoms with Gasteiger partial charge in [-0.2, -0.15) is 0 Å². The summed E-state index contributed by atoms with van der Waals surface area (Å²) in [6.45, 7) is 2.83. The number of hydrogen-bond donors (Lipinski definition) is 1. The number of amides is 1. The number of halogens is 1. The van der Waals surface area contributed by atoms with Gasteiger partial charge in [-0.3, -0.25) is 4.79 Å². The van der Waals surface area contributed by atoms with Crippen LogP contribution in [-0.2, 0) is 17.9 Å². The highest BCUT2D eigenvalue weighted by molar-refractivity contribution is 5.77. The lowest BCUT2D eigenvalue weighted by Crippen LogP contribution is -2.25. The summed E-state index contributed by atoms with van der Waals surface area (Å²) in [5.74, 6) is 0.0779. The maximum atomic E-state index is 13.2. The highest BCUT2D eigenvalue weighted by Crippen LogP contribution is 2.32. The summed E-state index contributed by atoms with van der Waals surface area (Å²) in [7, 11) is 0. The van der Waals surface area contributed by atoms with Crippen molar-refractivity contribution in [3.05, 3.63) is 137 Å². The van der Waals surface area contributed by atoms with E-state index in [1.165, 1.54) is 12.1 Å². The highest BCUT2D eigenvalue weighted by Gasteiger charge is 2.24. The van der Waals surface area contributed by atoms with Gasteiger partial charge in [0.15, 0.2) is 11.4 Å². The van der Waals surface area contributed by atoms with Crippen molar-refractivity contribution in [2.75, 3.05) is 0 Å². The van der Waals surface area contributed by atoms with Crippen molar-refractivity contribution in [1.29, 1.82) is 0 Å². The Balaban J connectivity index is 1.41. The molecule has 0 aliphatic carbocycles. The summed E-state index contributed by atoms with van der Waals surface area (Å²) >= 11 is 0. The summed E-state index contributed by atoms with van der Waals surface area (Å²) in [4.78, 5) is 17.8. The Morgan fingerprint density at radius 2 is 1.70 bits per heavy atom. The molecule has 0 aliphatic rings. The quantitative estimate of drug-likeness (QED) is 0.266. The molecule has 3 aromatic carbocycles. The zero-order valence-corrected chi connectivity index (χ0v) is 20.6. The molecule has 5 aromatic rings. The minimum Gasteiger partial charge on any atom is -0.485 e. The van der Waals surface area contributed by atoms with Crippen LogP contribution < -0.4 is 10.1 Å². The molecule has 5 nitrogen and oxygen atoms in total. The Hall–Kier alpha value is -4.45. The molecule has 0 saturated heterocycles. The Labute approximate surface area is 215 Å². The van der Waals surface area contributed by atoms with Crippen LogP contribution in [-0.4, -0.2) is 15.3 Å². The molecule has 5 rings (SSSR count). The minimum absolute atomic E-state index is 0.0935. The van der Waals surface area contributed by atoms with Gasteiger partial charge in [-0.05, 0) is 53.4 Å². The molecule has 1 atom stereocenters. The summed E-state index contributed by atoms with van der Waals surface area (Å²) in [6, 6.07) is 28.1. The predicted molar refractivity (Wildman–Crippen MR) is 142 cm³/mol. The van der Waals surface area contributed by atoms with E-state index in [-0.39, 0.29) is 24.1 Å². The van der Waals surface area contributed by atoms with E-state index in [2.05, 4.69) is 29.4 Å². The Morgan fingerprint density at radius 1 is 0.946 bits per heavy atom. The fourth-order valence-corrected chi connectivity index (χ4v) is 4.52. The molecular weight excluding hydrogens is 465 g/mol. The molecule has 2 heterocycles. The van der Waals surface area contributed by atoms with Crippen molar-refractivity contribution in [2.24, 2.45) is 0 Å². The third-order valence-corrected chi connectivity index (χ3v) is 6.48. The van der Waals surface area contributed by atoms with Crippen LogP contribution in [0.4, 0.5) is 4.39 Å². The number of carbonyl (C=O) groups excluding carboxylic acids is 1. The second-order valence-corrected chi connectivity index (χ2v) is 9.04. The van der Waals surface area contributed by atoms with Crippen LogP contribution in [0.15, 0.2) is 103 Å². The van der Waals surface area contributed by atoms with E-state index in [9.17, 15) is 9.18 Å². The van der Waals surface area contributed by atoms with Crippen molar-refractivity contribution in [2.45, 2.75) is 32.4 Å². The molecule has 186 valence electrons. The number of imidazole rings is 1. The Bertz CT molecular complexity index is 1500. The number of ether oxygens (including phenoxy) is 1. The predicted octanol–water partition coefficient (Wildman–Crippen LogP) is 6.20. The first-order chi connectivity index (χ1) is 18.1. The molecule has 0 bridgehead atoms. The lowest BCUT2D eigenvalue weighted by atomic mass is 9.89. The Kier molecular flexibility index (Phi) is 7.26. The summed E-state index contributed by atoms with van der Waals surface area (Å²) < 4.78 is 21.3. The maximum absolute atomic E-state index is 13.2. The Morgan fingerprint density at radius 3 is 2.49 bits per heavy atom. The number of aromatic nitrogens is 2. The molecule has 2 aromatic heterocycles. The van der Waals surface area contributed by atoms with Crippen molar-refractivity contribution < 1.29 is 13.9 Å². The number of pyridine rings is 1. The van der Waals surface area contributed by atoms with Gasteiger partial charge in [0.1, 0.15) is 12.4 Å². The average Bonchev–Trinajstić information content (AvgIpc) is 3.36. The number of nitrogens with zero attached hydrogens (tertiary/aromatic N) is 2. The number of carbonyl (C=O) groups is 1. The first-order valence-corrected chi connectivity index (χ1v) is 12.3. The van der Waals surface area contributed by atoms with E-state index in [4.69, 9.17) is 4.74 Å². The topological polar surface area (TPSA) is 55.6 Å². The van der Waals surface area contributed by atoms with E-state index in [1.54, 1.807) is 12.1 Å². The van der Waals surface area contributed by atoms with Gasteiger partial charge in [0, 0.05) is 31.3 Å². The maximum Gasteiger partial charge on any atom is 0.221 e. The van der Waals surface area contributed by atoms with Crippen molar-refractivity contribution >= 4 is 11.6 Å². The van der Waals surface area contributed by atoms with Crippen molar-refractivity contribution in [3.8, 4) is 5.75 Å². The first-order valence-electron chi connectivity index (χ1n) is 12.3. The molecule has 0 radical (unpaired) electrons. The van der Waals surface area contributed by atoms with Crippen LogP contribution in [0.3, 0.4) is 0 Å². The van der Waals surface area contributed by atoms with E-state index < -0.39 is 0 Å². The lowest BCUT2D eigenvalue weighted by molar-refractivity contribution is -0.121. The van der Waals surface area contributed by atoms with Crippen LogP contribution in [0.2, 0.25) is 0 Å². The molecule has 0 aliphatic heterocycles. The molecule has 1 unspecified atom stereocenters. The number of nitrogens with one attached hydrogen (secondary N) is 1. The van der Waals surface area contributed by atoms with Crippen LogP contribution >= 0.6 is 0 Å². The van der Waals surface area contributed by atoms with E-state index in [0.29, 0.717) is 24.5 Å². The molecule has 1 amide bonds. The summed E-state index contributed by atoms with van der Waals surface area (Å²) in [6.07, 6.45) is 4.03. The molecular formula is C31H28FN3O2. The smallest absolute Gasteiger partial charge is 0.221 e. The molecule has 0 fully saturated rings. The van der Waals surface area contributed by atoms with Gasteiger partial charge >= 0.3 is 0 Å². The van der Waals surface area contributed by atoms with Gasteiger partial charge < -0.3 is 14.5 Å². The molecule has 37 heavy (non-hydrogen) atoms. The van der Waals surface area contributed by atoms with Crippen molar-refractivity contribution in [1.82, 2.24) is 14.7 Å². The average molecular weight is 494 g/mol. The summed E-state index contributed by atoms with van der Waals surface area (Å²) in [5, 5.41) is 2.98. The van der Waals surface area contributed by atoms with Gasteiger partial charge in [-0.15, -0.1) is 0 Å². The number of rotatable bonds is 9. The molecule has 1 N–H and O–H groups in total. The van der Waals surface area contributed by atoms with Gasteiger partial charge in [-0.25, -0.2) is 9.37 Å². The SMILES string of the molecule is Cc1ccccc1C(CC(=O)NCc1ccc(F)cc1)c1cnc2c(OCc3ccccc3)cccn12. The molecule has 0 spiro atoms. The monoisotopic (exact) mass is 493 g/mol. The van der Waals surface area contributed by atoms with Crippen LogP contribution in [0.5, 0.6) is 5.75 Å². The third-order valence-electron chi connectivity index (χ3n) is 6.48. The fourth-order valence-electron chi connectivity index (χ4n) is 4.52. The number of hydrogen-bond acceptors (Lipinski definition) is 3. The zero-order valence-electron chi connectivity index (χ0n) is 20.6. The number of aryl methyl sites for hydroxylation is 1. The highest BCUT2D eigenvalue weighted by atomic mass is 19.1. The van der Waals surface area contributed by atoms with Crippen LogP contribution in [0.1, 0.15) is 40.3 Å². The first kappa shape index (κ1) is 24.3. The molecule has 6 heteroatoms. The minimum atomic E-state index is -0.297. The van der Waals surface area contributed by atoms with Gasteiger partial charge in [0.05, 0.1) is 5.69 Å². The van der Waals surface area contributed by atoms with E-state index >= 15 is 0 Å². The fraction of sp³-hybridized carbons (Fsp3) is 0.161. The number of benzene rings is 3. The van der Waals surface area contributed by atoms with E-state index in [1.807, 2.05) is 71.4 Å². The number of fused-ring (bicyclic) bond motifs is 1. The largest absolute Gasteiger partial charge is 0.485 e. The summed E-state index contributed by atoms with van der Waals surface area (Å²) in [5.41, 5.74) is 5.70. The van der Waals surface area contributed by atoms with Gasteiger partial charge in [0.2, 0.25) is 5.91 Å². The van der Waals surface area contributed by atoms with Crippen LogP contribution in [0.25, 0.3) is 5.65 Å². The van der Waals surface area contributed by atoms with Crippen molar-refractivity contribution in [3.63, 3.8) is 0 Å². The van der Waals surface area contributed by atoms with Crippen LogP contribution in [0, 0.1) is 12.7 Å². The molecule has 0 saturated carbocycles. The normalized spacial score (nSPS) is 11.8. The second-order valence-electron chi connectivity index (χ2n) is 9.04. The van der Waals surface area contributed by atoms with E-state index in [0.717, 1.165) is 27.9 Å². The van der Waals surface area contributed by atoms with Gasteiger partial charge in [0.25, 0.3) is 0 Å². The second kappa shape index (κ2) is 11.1.